The van der Waals surface area contributed by atoms with E-state index in [2.05, 4.69) is 20.7 Å². The molecule has 0 saturated carbocycles. The topological polar surface area (TPSA) is 46.2 Å². The zero-order chi connectivity index (χ0) is 13.2. The van der Waals surface area contributed by atoms with E-state index in [9.17, 15) is 8.42 Å². The maximum Gasteiger partial charge on any atom is 0.261 e. The van der Waals surface area contributed by atoms with Crippen LogP contribution in [0.1, 0.15) is 5.56 Å². The van der Waals surface area contributed by atoms with E-state index in [1.54, 1.807) is 36.4 Å². The summed E-state index contributed by atoms with van der Waals surface area (Å²) in [5.74, 6) is 0. The lowest BCUT2D eigenvalue weighted by Crippen LogP contribution is -2.13. The van der Waals surface area contributed by atoms with Gasteiger partial charge in [0.25, 0.3) is 10.0 Å². The molecule has 94 valence electrons. The van der Waals surface area contributed by atoms with Crippen LogP contribution in [-0.2, 0) is 10.0 Å². The molecule has 2 aromatic rings. The van der Waals surface area contributed by atoms with E-state index < -0.39 is 10.0 Å². The van der Waals surface area contributed by atoms with Gasteiger partial charge in [-0.1, -0.05) is 34.1 Å². The number of aryl methyl sites for hydroxylation is 1. The standard InChI is InChI=1S/C13H12BrNO2S/c1-10-4-2-3-5-13(10)15-18(16,17)12-8-6-11(14)7-9-12/h2-9,15H,1H3. The van der Waals surface area contributed by atoms with Crippen LogP contribution >= 0.6 is 15.9 Å². The van der Waals surface area contributed by atoms with Crippen molar-refractivity contribution in [2.75, 3.05) is 4.72 Å². The van der Waals surface area contributed by atoms with Gasteiger partial charge in [-0.3, -0.25) is 4.72 Å². The zero-order valence-electron chi connectivity index (χ0n) is 9.72. The Bertz CT molecular complexity index is 651. The summed E-state index contributed by atoms with van der Waals surface area (Å²) >= 11 is 3.28. The van der Waals surface area contributed by atoms with E-state index in [0.717, 1.165) is 10.0 Å². The van der Waals surface area contributed by atoms with E-state index in [1.807, 2.05) is 19.1 Å². The van der Waals surface area contributed by atoms with E-state index in [1.165, 1.54) is 0 Å². The largest absolute Gasteiger partial charge is 0.279 e. The molecular weight excluding hydrogens is 314 g/mol. The first kappa shape index (κ1) is 13.1. The summed E-state index contributed by atoms with van der Waals surface area (Å²) in [4.78, 5) is 0.244. The Morgan fingerprint density at radius 1 is 1.00 bits per heavy atom. The van der Waals surface area contributed by atoms with Crippen LogP contribution in [0.5, 0.6) is 0 Å². The van der Waals surface area contributed by atoms with Crippen molar-refractivity contribution in [3.05, 3.63) is 58.6 Å². The molecule has 2 aromatic carbocycles. The summed E-state index contributed by atoms with van der Waals surface area (Å²) in [6, 6.07) is 13.8. The summed E-state index contributed by atoms with van der Waals surface area (Å²) in [6.45, 7) is 1.86. The lowest BCUT2D eigenvalue weighted by molar-refractivity contribution is 0.601. The molecule has 0 aliphatic carbocycles. The van der Waals surface area contributed by atoms with Gasteiger partial charge in [-0.15, -0.1) is 0 Å². The second-order valence-electron chi connectivity index (χ2n) is 3.87. The molecule has 0 spiro atoms. The highest BCUT2D eigenvalue weighted by atomic mass is 79.9. The quantitative estimate of drug-likeness (QED) is 0.937. The van der Waals surface area contributed by atoms with E-state index in [-0.39, 0.29) is 4.90 Å². The highest BCUT2D eigenvalue weighted by molar-refractivity contribution is 9.10. The normalized spacial score (nSPS) is 11.2. The molecule has 0 heterocycles. The summed E-state index contributed by atoms with van der Waals surface area (Å²) in [6.07, 6.45) is 0. The summed E-state index contributed by atoms with van der Waals surface area (Å²) in [7, 11) is -3.52. The number of hydrogen-bond acceptors (Lipinski definition) is 2. The zero-order valence-corrected chi connectivity index (χ0v) is 12.1. The van der Waals surface area contributed by atoms with Crippen LogP contribution in [0, 0.1) is 6.92 Å². The molecule has 0 amide bonds. The van der Waals surface area contributed by atoms with Crippen LogP contribution in [0.25, 0.3) is 0 Å². The van der Waals surface area contributed by atoms with Crippen LogP contribution in [0.4, 0.5) is 5.69 Å². The average molecular weight is 326 g/mol. The maximum absolute atomic E-state index is 12.1. The lowest BCUT2D eigenvalue weighted by Gasteiger charge is -2.10. The second kappa shape index (κ2) is 5.12. The minimum Gasteiger partial charge on any atom is -0.279 e. The van der Waals surface area contributed by atoms with Gasteiger partial charge in [-0.2, -0.15) is 0 Å². The molecule has 3 nitrogen and oxygen atoms in total. The molecule has 0 atom stereocenters. The molecule has 2 rings (SSSR count). The molecule has 0 saturated heterocycles. The minimum atomic E-state index is -3.52. The Kier molecular flexibility index (Phi) is 3.73. The minimum absolute atomic E-state index is 0.244. The average Bonchev–Trinajstić information content (AvgIpc) is 2.32. The third-order valence-corrected chi connectivity index (χ3v) is 4.42. The Morgan fingerprint density at radius 3 is 2.22 bits per heavy atom. The van der Waals surface area contributed by atoms with Crippen LogP contribution < -0.4 is 4.72 Å². The molecule has 0 aliphatic heterocycles. The molecule has 5 heteroatoms. The number of hydrogen-bond donors (Lipinski definition) is 1. The Balaban J connectivity index is 2.33. The number of rotatable bonds is 3. The van der Waals surface area contributed by atoms with Crippen LogP contribution in [0.15, 0.2) is 57.9 Å². The van der Waals surface area contributed by atoms with Crippen molar-refractivity contribution >= 4 is 31.6 Å². The van der Waals surface area contributed by atoms with Crippen molar-refractivity contribution in [2.24, 2.45) is 0 Å². The Morgan fingerprint density at radius 2 is 1.61 bits per heavy atom. The molecule has 0 fully saturated rings. The first-order valence-electron chi connectivity index (χ1n) is 5.33. The number of para-hydroxylation sites is 1. The highest BCUT2D eigenvalue weighted by Gasteiger charge is 2.14. The molecule has 0 radical (unpaired) electrons. The lowest BCUT2D eigenvalue weighted by atomic mass is 10.2. The number of anilines is 1. The van der Waals surface area contributed by atoms with Gasteiger partial charge in [0, 0.05) is 4.47 Å². The van der Waals surface area contributed by atoms with Crippen molar-refractivity contribution in [1.29, 1.82) is 0 Å². The Hall–Kier alpha value is -1.33. The van der Waals surface area contributed by atoms with Crippen molar-refractivity contribution < 1.29 is 8.42 Å². The van der Waals surface area contributed by atoms with Crippen molar-refractivity contribution in [3.63, 3.8) is 0 Å². The first-order chi connectivity index (χ1) is 8.49. The number of halogens is 1. The van der Waals surface area contributed by atoms with E-state index >= 15 is 0 Å². The predicted molar refractivity (Wildman–Crippen MR) is 76.1 cm³/mol. The predicted octanol–water partition coefficient (Wildman–Crippen LogP) is 3.56. The van der Waals surface area contributed by atoms with E-state index in [0.29, 0.717) is 5.69 Å². The van der Waals surface area contributed by atoms with Gasteiger partial charge in [0.2, 0.25) is 0 Å². The molecule has 1 N–H and O–H groups in total. The van der Waals surface area contributed by atoms with Crippen molar-refractivity contribution in [1.82, 2.24) is 0 Å². The van der Waals surface area contributed by atoms with Crippen LogP contribution in [0.3, 0.4) is 0 Å². The number of sulfonamides is 1. The van der Waals surface area contributed by atoms with E-state index in [4.69, 9.17) is 0 Å². The van der Waals surface area contributed by atoms with Crippen LogP contribution in [0.2, 0.25) is 0 Å². The van der Waals surface area contributed by atoms with Gasteiger partial charge in [0.05, 0.1) is 10.6 Å². The molecule has 0 aromatic heterocycles. The molecule has 0 aliphatic rings. The summed E-state index contributed by atoms with van der Waals surface area (Å²) in [5.41, 5.74) is 1.48. The maximum atomic E-state index is 12.1. The van der Waals surface area contributed by atoms with Gasteiger partial charge in [0.15, 0.2) is 0 Å². The fraction of sp³-hybridized carbons (Fsp3) is 0.0769. The monoisotopic (exact) mass is 325 g/mol. The summed E-state index contributed by atoms with van der Waals surface area (Å²) in [5, 5.41) is 0. The second-order valence-corrected chi connectivity index (χ2v) is 6.47. The van der Waals surface area contributed by atoms with Crippen molar-refractivity contribution in [3.8, 4) is 0 Å². The smallest absolute Gasteiger partial charge is 0.261 e. The first-order valence-corrected chi connectivity index (χ1v) is 7.61. The summed E-state index contributed by atoms with van der Waals surface area (Å²) < 4.78 is 27.7. The van der Waals surface area contributed by atoms with Crippen LogP contribution in [-0.4, -0.2) is 8.42 Å². The molecule has 18 heavy (non-hydrogen) atoms. The number of benzene rings is 2. The fourth-order valence-electron chi connectivity index (χ4n) is 1.50. The highest BCUT2D eigenvalue weighted by Crippen LogP contribution is 2.20. The molecular formula is C13H12BrNO2S. The number of nitrogens with one attached hydrogen (secondary N) is 1. The Labute approximate surface area is 115 Å². The van der Waals surface area contributed by atoms with Gasteiger partial charge in [0.1, 0.15) is 0 Å². The third-order valence-electron chi connectivity index (χ3n) is 2.51. The van der Waals surface area contributed by atoms with Crippen molar-refractivity contribution in [2.45, 2.75) is 11.8 Å². The molecule has 0 bridgehead atoms. The fourth-order valence-corrected chi connectivity index (χ4v) is 2.90. The third kappa shape index (κ3) is 2.91. The SMILES string of the molecule is Cc1ccccc1NS(=O)(=O)c1ccc(Br)cc1. The van der Waals surface area contributed by atoms with Gasteiger partial charge in [-0.25, -0.2) is 8.42 Å². The van der Waals surface area contributed by atoms with Gasteiger partial charge in [-0.05, 0) is 42.8 Å². The van der Waals surface area contributed by atoms with Gasteiger partial charge < -0.3 is 0 Å². The van der Waals surface area contributed by atoms with Gasteiger partial charge >= 0.3 is 0 Å². The molecule has 0 unspecified atom stereocenters.